The molecule has 1 aromatic rings. The summed E-state index contributed by atoms with van der Waals surface area (Å²) in [6.45, 7) is 4.82. The van der Waals surface area contributed by atoms with E-state index in [2.05, 4.69) is 14.9 Å². The maximum absolute atomic E-state index is 10.7. The van der Waals surface area contributed by atoms with Gasteiger partial charge in [0.15, 0.2) is 0 Å². The summed E-state index contributed by atoms with van der Waals surface area (Å²) in [6.07, 6.45) is 4.28. The van der Waals surface area contributed by atoms with Crippen molar-refractivity contribution in [3.8, 4) is 0 Å². The first kappa shape index (κ1) is 13.8. The van der Waals surface area contributed by atoms with Crippen LogP contribution in [-0.4, -0.2) is 33.6 Å². The van der Waals surface area contributed by atoms with Crippen LogP contribution in [0, 0.1) is 13.8 Å². The number of aliphatic carboxylic acids is 1. The van der Waals surface area contributed by atoms with Gasteiger partial charge in [0.05, 0.1) is 0 Å². The Kier molecular flexibility index (Phi) is 4.35. The van der Waals surface area contributed by atoms with Gasteiger partial charge in [-0.3, -0.25) is 4.79 Å². The van der Waals surface area contributed by atoms with Gasteiger partial charge < -0.3 is 10.0 Å². The molecule has 1 aromatic heterocycles. The standard InChI is InChI=1S/C14H21N3O2/c1-10-9-13(16-11(2)15-10)17-8-4-3-5-12(17)6-7-14(18)19/h9,12H,3-8H2,1-2H3,(H,18,19). The molecule has 0 radical (unpaired) electrons. The van der Waals surface area contributed by atoms with Gasteiger partial charge in [-0.2, -0.15) is 0 Å². The zero-order chi connectivity index (χ0) is 13.8. The minimum atomic E-state index is -0.722. The number of piperidine rings is 1. The number of carboxylic acids is 1. The van der Waals surface area contributed by atoms with Crippen LogP contribution in [-0.2, 0) is 4.79 Å². The number of nitrogens with zero attached hydrogens (tertiary/aromatic N) is 3. The number of aromatic nitrogens is 2. The van der Waals surface area contributed by atoms with E-state index in [0.717, 1.165) is 36.7 Å². The van der Waals surface area contributed by atoms with Gasteiger partial charge in [-0.15, -0.1) is 0 Å². The summed E-state index contributed by atoms with van der Waals surface area (Å²) in [5.41, 5.74) is 0.963. The molecule has 1 fully saturated rings. The highest BCUT2D eigenvalue weighted by molar-refractivity contribution is 5.66. The van der Waals surface area contributed by atoms with Crippen molar-refractivity contribution in [3.63, 3.8) is 0 Å². The first-order chi connectivity index (χ1) is 9.06. The number of carbonyl (C=O) groups is 1. The van der Waals surface area contributed by atoms with E-state index in [1.165, 1.54) is 6.42 Å². The zero-order valence-corrected chi connectivity index (χ0v) is 11.6. The Morgan fingerprint density at radius 3 is 2.89 bits per heavy atom. The average molecular weight is 263 g/mol. The Morgan fingerprint density at radius 2 is 2.21 bits per heavy atom. The molecule has 1 aliphatic heterocycles. The minimum Gasteiger partial charge on any atom is -0.481 e. The van der Waals surface area contributed by atoms with E-state index in [1.54, 1.807) is 0 Å². The maximum atomic E-state index is 10.7. The molecule has 1 N–H and O–H groups in total. The Balaban J connectivity index is 2.16. The van der Waals surface area contributed by atoms with Crippen molar-refractivity contribution in [1.29, 1.82) is 0 Å². The SMILES string of the molecule is Cc1cc(N2CCCCC2CCC(=O)O)nc(C)n1. The quantitative estimate of drug-likeness (QED) is 0.903. The molecule has 0 amide bonds. The van der Waals surface area contributed by atoms with E-state index in [-0.39, 0.29) is 6.42 Å². The number of rotatable bonds is 4. The molecule has 19 heavy (non-hydrogen) atoms. The second-order valence-electron chi connectivity index (χ2n) is 5.19. The fraction of sp³-hybridized carbons (Fsp3) is 0.643. The lowest BCUT2D eigenvalue weighted by atomic mass is 9.98. The van der Waals surface area contributed by atoms with Gasteiger partial charge in [-0.05, 0) is 39.5 Å². The van der Waals surface area contributed by atoms with Gasteiger partial charge >= 0.3 is 5.97 Å². The third kappa shape index (κ3) is 3.66. The van der Waals surface area contributed by atoms with Crippen molar-refractivity contribution in [2.24, 2.45) is 0 Å². The van der Waals surface area contributed by atoms with Gasteiger partial charge in [-0.1, -0.05) is 0 Å². The van der Waals surface area contributed by atoms with Gasteiger partial charge in [0, 0.05) is 30.8 Å². The van der Waals surface area contributed by atoms with Gasteiger partial charge in [0.2, 0.25) is 0 Å². The first-order valence-corrected chi connectivity index (χ1v) is 6.87. The fourth-order valence-electron chi connectivity index (χ4n) is 2.74. The minimum absolute atomic E-state index is 0.226. The Morgan fingerprint density at radius 1 is 1.42 bits per heavy atom. The largest absolute Gasteiger partial charge is 0.481 e. The van der Waals surface area contributed by atoms with Gasteiger partial charge in [0.25, 0.3) is 0 Å². The second kappa shape index (κ2) is 5.99. The van der Waals surface area contributed by atoms with Crippen molar-refractivity contribution < 1.29 is 9.90 Å². The summed E-state index contributed by atoms with van der Waals surface area (Å²) in [5, 5.41) is 8.85. The van der Waals surface area contributed by atoms with E-state index in [4.69, 9.17) is 5.11 Å². The summed E-state index contributed by atoms with van der Waals surface area (Å²) in [7, 11) is 0. The summed E-state index contributed by atoms with van der Waals surface area (Å²) < 4.78 is 0. The fourth-order valence-corrected chi connectivity index (χ4v) is 2.74. The Bertz CT molecular complexity index is 442. The lowest BCUT2D eigenvalue weighted by Crippen LogP contribution is -2.40. The average Bonchev–Trinajstić information content (AvgIpc) is 2.35. The molecular weight excluding hydrogens is 242 g/mol. The highest BCUT2D eigenvalue weighted by Gasteiger charge is 2.24. The summed E-state index contributed by atoms with van der Waals surface area (Å²) in [6, 6.07) is 2.28. The van der Waals surface area contributed by atoms with Crippen LogP contribution in [0.5, 0.6) is 0 Å². The molecule has 0 aromatic carbocycles. The van der Waals surface area contributed by atoms with Crippen molar-refractivity contribution in [2.45, 2.75) is 52.0 Å². The number of carboxylic acid groups (broad SMARTS) is 1. The molecular formula is C14H21N3O2. The van der Waals surface area contributed by atoms with Gasteiger partial charge in [0.1, 0.15) is 11.6 Å². The molecule has 0 bridgehead atoms. The second-order valence-corrected chi connectivity index (χ2v) is 5.19. The number of aryl methyl sites for hydroxylation is 2. The lowest BCUT2D eigenvalue weighted by Gasteiger charge is -2.36. The third-order valence-electron chi connectivity index (χ3n) is 3.57. The lowest BCUT2D eigenvalue weighted by molar-refractivity contribution is -0.137. The van der Waals surface area contributed by atoms with Crippen LogP contribution >= 0.6 is 0 Å². The van der Waals surface area contributed by atoms with Crippen molar-refractivity contribution in [1.82, 2.24) is 9.97 Å². The molecule has 1 unspecified atom stereocenters. The van der Waals surface area contributed by atoms with Crippen molar-refractivity contribution in [2.75, 3.05) is 11.4 Å². The molecule has 5 heteroatoms. The van der Waals surface area contributed by atoms with Gasteiger partial charge in [-0.25, -0.2) is 9.97 Å². The summed E-state index contributed by atoms with van der Waals surface area (Å²) in [5.74, 6) is 0.998. The normalized spacial score (nSPS) is 19.5. The first-order valence-electron chi connectivity index (χ1n) is 6.87. The highest BCUT2D eigenvalue weighted by Crippen LogP contribution is 2.26. The Labute approximate surface area is 113 Å². The molecule has 2 heterocycles. The van der Waals surface area contributed by atoms with Crippen LogP contribution in [0.25, 0.3) is 0 Å². The number of hydrogen-bond donors (Lipinski definition) is 1. The van der Waals surface area contributed by atoms with E-state index in [1.807, 2.05) is 19.9 Å². The molecule has 0 saturated carbocycles. The Hall–Kier alpha value is -1.65. The van der Waals surface area contributed by atoms with Crippen molar-refractivity contribution >= 4 is 11.8 Å². The predicted octanol–water partition coefficient (Wildman–Crippen LogP) is 2.32. The zero-order valence-electron chi connectivity index (χ0n) is 11.6. The molecule has 0 aliphatic carbocycles. The van der Waals surface area contributed by atoms with Crippen LogP contribution in [0.4, 0.5) is 5.82 Å². The molecule has 1 atom stereocenters. The molecule has 1 aliphatic rings. The molecule has 5 nitrogen and oxygen atoms in total. The van der Waals surface area contributed by atoms with Crippen LogP contribution in [0.15, 0.2) is 6.07 Å². The molecule has 0 spiro atoms. The smallest absolute Gasteiger partial charge is 0.303 e. The van der Waals surface area contributed by atoms with E-state index >= 15 is 0 Å². The number of hydrogen-bond acceptors (Lipinski definition) is 4. The van der Waals surface area contributed by atoms with Crippen LogP contribution < -0.4 is 4.90 Å². The van der Waals surface area contributed by atoms with E-state index in [0.29, 0.717) is 12.5 Å². The molecule has 104 valence electrons. The molecule has 2 rings (SSSR count). The maximum Gasteiger partial charge on any atom is 0.303 e. The van der Waals surface area contributed by atoms with Crippen LogP contribution in [0.3, 0.4) is 0 Å². The third-order valence-corrected chi connectivity index (χ3v) is 3.57. The van der Waals surface area contributed by atoms with Crippen molar-refractivity contribution in [3.05, 3.63) is 17.6 Å². The predicted molar refractivity (Wildman–Crippen MR) is 73.4 cm³/mol. The van der Waals surface area contributed by atoms with E-state index in [9.17, 15) is 4.79 Å². The number of anilines is 1. The highest BCUT2D eigenvalue weighted by atomic mass is 16.4. The summed E-state index contributed by atoms with van der Waals surface area (Å²) >= 11 is 0. The van der Waals surface area contributed by atoms with Crippen LogP contribution in [0.1, 0.15) is 43.6 Å². The molecule has 1 saturated heterocycles. The van der Waals surface area contributed by atoms with Crippen LogP contribution in [0.2, 0.25) is 0 Å². The van der Waals surface area contributed by atoms with E-state index < -0.39 is 5.97 Å². The summed E-state index contributed by atoms with van der Waals surface area (Å²) in [4.78, 5) is 21.8. The topological polar surface area (TPSA) is 66.3 Å². The monoisotopic (exact) mass is 263 g/mol.